The first-order valence-corrected chi connectivity index (χ1v) is 8.26. The second-order valence-corrected chi connectivity index (χ2v) is 5.91. The van der Waals surface area contributed by atoms with Crippen LogP contribution in [-0.2, 0) is 11.2 Å². The van der Waals surface area contributed by atoms with Gasteiger partial charge in [-0.15, -0.1) is 0 Å². The van der Waals surface area contributed by atoms with Gasteiger partial charge < -0.3 is 24.8 Å². The SMILES string of the molecule is COC(=O)c1ccc(Cl)c(NC(=O)NCCc2ccc3c(c2)OCO3)c1. The third kappa shape index (κ3) is 4.18. The Balaban J connectivity index is 1.53. The van der Waals surface area contributed by atoms with Crippen LogP contribution >= 0.6 is 11.6 Å². The molecule has 8 heteroatoms. The molecule has 26 heavy (non-hydrogen) atoms. The van der Waals surface area contributed by atoms with E-state index >= 15 is 0 Å². The van der Waals surface area contributed by atoms with Gasteiger partial charge in [0, 0.05) is 6.54 Å². The third-order valence-electron chi connectivity index (χ3n) is 3.77. The molecule has 0 bridgehead atoms. The van der Waals surface area contributed by atoms with Crippen molar-refractivity contribution < 1.29 is 23.8 Å². The Kier molecular flexibility index (Phi) is 5.48. The molecule has 7 nitrogen and oxygen atoms in total. The van der Waals surface area contributed by atoms with E-state index in [2.05, 4.69) is 15.4 Å². The lowest BCUT2D eigenvalue weighted by Crippen LogP contribution is -2.30. The van der Waals surface area contributed by atoms with Gasteiger partial charge in [-0.1, -0.05) is 17.7 Å². The number of anilines is 1. The number of fused-ring (bicyclic) bond motifs is 1. The monoisotopic (exact) mass is 376 g/mol. The smallest absolute Gasteiger partial charge is 0.337 e. The summed E-state index contributed by atoms with van der Waals surface area (Å²) in [5.41, 5.74) is 1.64. The molecule has 2 amide bonds. The molecule has 0 spiro atoms. The van der Waals surface area contributed by atoms with Crippen molar-refractivity contribution >= 4 is 29.3 Å². The van der Waals surface area contributed by atoms with Crippen LogP contribution in [0.1, 0.15) is 15.9 Å². The molecule has 0 saturated heterocycles. The summed E-state index contributed by atoms with van der Waals surface area (Å²) >= 11 is 6.05. The second kappa shape index (κ2) is 7.97. The van der Waals surface area contributed by atoms with Crippen molar-refractivity contribution in [3.8, 4) is 11.5 Å². The number of carbonyl (C=O) groups excluding carboxylic acids is 2. The highest BCUT2D eigenvalue weighted by atomic mass is 35.5. The zero-order valence-corrected chi connectivity index (χ0v) is 14.8. The number of amides is 2. The maximum atomic E-state index is 12.1. The van der Waals surface area contributed by atoms with E-state index in [1.165, 1.54) is 25.3 Å². The van der Waals surface area contributed by atoms with E-state index in [1.54, 1.807) is 0 Å². The van der Waals surface area contributed by atoms with Crippen molar-refractivity contribution in [2.75, 3.05) is 25.8 Å². The largest absolute Gasteiger partial charge is 0.465 e. The Bertz CT molecular complexity index is 840. The first-order chi connectivity index (χ1) is 12.6. The molecule has 136 valence electrons. The lowest BCUT2D eigenvalue weighted by Gasteiger charge is -2.10. The number of carbonyl (C=O) groups is 2. The molecule has 0 atom stereocenters. The molecular formula is C18H17ClN2O5. The standard InChI is InChI=1S/C18H17ClN2O5/c1-24-17(22)12-3-4-13(19)14(9-12)21-18(23)20-7-6-11-2-5-15-16(8-11)26-10-25-15/h2-5,8-9H,6-7,10H2,1H3,(H2,20,21,23). The molecule has 0 saturated carbocycles. The van der Waals surface area contributed by atoms with Gasteiger partial charge in [0.15, 0.2) is 11.5 Å². The molecule has 0 radical (unpaired) electrons. The number of halogens is 1. The summed E-state index contributed by atoms with van der Waals surface area (Å²) in [6.07, 6.45) is 0.625. The minimum atomic E-state index is -0.507. The Morgan fingerprint density at radius 1 is 1.15 bits per heavy atom. The second-order valence-electron chi connectivity index (χ2n) is 5.50. The first-order valence-electron chi connectivity index (χ1n) is 7.88. The first kappa shape index (κ1) is 17.9. The van der Waals surface area contributed by atoms with Gasteiger partial charge in [-0.2, -0.15) is 0 Å². The fourth-order valence-corrected chi connectivity index (χ4v) is 2.61. The van der Waals surface area contributed by atoms with Crippen LogP contribution in [-0.4, -0.2) is 32.4 Å². The Labute approximate surface area is 155 Å². The van der Waals surface area contributed by atoms with Crippen LogP contribution in [0.4, 0.5) is 10.5 Å². The molecule has 0 aliphatic carbocycles. The van der Waals surface area contributed by atoms with Gasteiger partial charge >= 0.3 is 12.0 Å². The van der Waals surface area contributed by atoms with E-state index in [1.807, 2.05) is 18.2 Å². The van der Waals surface area contributed by atoms with Crippen LogP contribution in [0.2, 0.25) is 5.02 Å². The van der Waals surface area contributed by atoms with Crippen molar-refractivity contribution in [1.82, 2.24) is 5.32 Å². The van der Waals surface area contributed by atoms with E-state index < -0.39 is 12.0 Å². The lowest BCUT2D eigenvalue weighted by atomic mass is 10.1. The Hall–Kier alpha value is -2.93. The molecule has 0 fully saturated rings. The van der Waals surface area contributed by atoms with Crippen LogP contribution in [0.5, 0.6) is 11.5 Å². The normalized spacial score (nSPS) is 11.8. The Morgan fingerprint density at radius 3 is 2.77 bits per heavy atom. The molecule has 2 aromatic rings. The van der Waals surface area contributed by atoms with E-state index in [9.17, 15) is 9.59 Å². The predicted molar refractivity (Wildman–Crippen MR) is 96.1 cm³/mol. The fraction of sp³-hybridized carbons (Fsp3) is 0.222. The highest BCUT2D eigenvalue weighted by molar-refractivity contribution is 6.33. The zero-order chi connectivity index (χ0) is 18.5. The van der Waals surface area contributed by atoms with Crippen LogP contribution in [0, 0.1) is 0 Å². The third-order valence-corrected chi connectivity index (χ3v) is 4.10. The van der Waals surface area contributed by atoms with Crippen molar-refractivity contribution in [3.63, 3.8) is 0 Å². The average molecular weight is 377 g/mol. The minimum Gasteiger partial charge on any atom is -0.465 e. The zero-order valence-electron chi connectivity index (χ0n) is 14.0. The van der Waals surface area contributed by atoms with Crippen molar-refractivity contribution in [3.05, 3.63) is 52.5 Å². The molecule has 0 aromatic heterocycles. The van der Waals surface area contributed by atoms with E-state index in [-0.39, 0.29) is 6.79 Å². The van der Waals surface area contributed by atoms with Gasteiger partial charge in [-0.3, -0.25) is 0 Å². The minimum absolute atomic E-state index is 0.227. The molecule has 2 aromatic carbocycles. The van der Waals surface area contributed by atoms with E-state index in [4.69, 9.17) is 21.1 Å². The fourth-order valence-electron chi connectivity index (χ4n) is 2.45. The van der Waals surface area contributed by atoms with Gasteiger partial charge in [0.05, 0.1) is 23.4 Å². The van der Waals surface area contributed by atoms with Gasteiger partial charge in [0.2, 0.25) is 6.79 Å². The van der Waals surface area contributed by atoms with Crippen molar-refractivity contribution in [1.29, 1.82) is 0 Å². The quantitative estimate of drug-likeness (QED) is 0.782. The highest BCUT2D eigenvalue weighted by Gasteiger charge is 2.14. The van der Waals surface area contributed by atoms with Crippen LogP contribution in [0.25, 0.3) is 0 Å². The number of hydrogen-bond acceptors (Lipinski definition) is 5. The van der Waals surface area contributed by atoms with Gasteiger partial charge in [-0.25, -0.2) is 9.59 Å². The summed E-state index contributed by atoms with van der Waals surface area (Å²) in [7, 11) is 1.28. The molecule has 1 aliphatic rings. The molecular weight excluding hydrogens is 360 g/mol. The topological polar surface area (TPSA) is 85.9 Å². The highest BCUT2D eigenvalue weighted by Crippen LogP contribution is 2.32. The van der Waals surface area contributed by atoms with Gasteiger partial charge in [0.1, 0.15) is 0 Å². The van der Waals surface area contributed by atoms with Crippen LogP contribution < -0.4 is 20.1 Å². The maximum Gasteiger partial charge on any atom is 0.337 e. The number of esters is 1. The number of nitrogens with one attached hydrogen (secondary N) is 2. The molecule has 3 rings (SSSR count). The molecule has 2 N–H and O–H groups in total. The van der Waals surface area contributed by atoms with E-state index in [0.717, 1.165) is 11.3 Å². The number of rotatable bonds is 5. The summed E-state index contributed by atoms with van der Waals surface area (Å²) < 4.78 is 15.2. The average Bonchev–Trinajstić information content (AvgIpc) is 3.10. The number of methoxy groups -OCH3 is 1. The van der Waals surface area contributed by atoms with Gasteiger partial charge in [0.25, 0.3) is 0 Å². The summed E-state index contributed by atoms with van der Waals surface area (Å²) in [4.78, 5) is 23.6. The molecule has 1 aliphatic heterocycles. The van der Waals surface area contributed by atoms with Crippen molar-refractivity contribution in [2.45, 2.75) is 6.42 Å². The van der Waals surface area contributed by atoms with E-state index in [0.29, 0.717) is 35.0 Å². The Morgan fingerprint density at radius 2 is 1.96 bits per heavy atom. The molecule has 1 heterocycles. The number of hydrogen-bond donors (Lipinski definition) is 2. The summed E-state index contributed by atoms with van der Waals surface area (Å²) in [6, 6.07) is 9.74. The van der Waals surface area contributed by atoms with Gasteiger partial charge in [-0.05, 0) is 42.3 Å². The molecule has 0 unspecified atom stereocenters. The summed E-state index contributed by atoms with van der Waals surface area (Å²) in [5.74, 6) is 0.922. The predicted octanol–water partition coefficient (Wildman–Crippen LogP) is 3.22. The van der Waals surface area contributed by atoms with Crippen LogP contribution in [0.15, 0.2) is 36.4 Å². The lowest BCUT2D eigenvalue weighted by molar-refractivity contribution is 0.0600. The number of urea groups is 1. The summed E-state index contributed by atoms with van der Waals surface area (Å²) in [6.45, 7) is 0.643. The number of benzene rings is 2. The number of ether oxygens (including phenoxy) is 3. The maximum absolute atomic E-state index is 12.1. The van der Waals surface area contributed by atoms with Crippen molar-refractivity contribution in [2.24, 2.45) is 0 Å². The summed E-state index contributed by atoms with van der Waals surface area (Å²) in [5, 5.41) is 5.69. The van der Waals surface area contributed by atoms with Crippen LogP contribution in [0.3, 0.4) is 0 Å².